The molecule has 3 aromatic rings. The second kappa shape index (κ2) is 5.59. The van der Waals surface area contributed by atoms with Gasteiger partial charge in [-0.3, -0.25) is 9.36 Å². The van der Waals surface area contributed by atoms with Gasteiger partial charge in [-0.2, -0.15) is 0 Å². The van der Waals surface area contributed by atoms with Crippen LogP contribution in [0.1, 0.15) is 22.6 Å². The summed E-state index contributed by atoms with van der Waals surface area (Å²) >= 11 is 10.3. The van der Waals surface area contributed by atoms with Crippen LogP contribution in [-0.2, 0) is 25.6 Å². The van der Waals surface area contributed by atoms with Crippen molar-refractivity contribution in [2.24, 2.45) is 7.05 Å². The van der Waals surface area contributed by atoms with Gasteiger partial charge in [0.2, 0.25) is 0 Å². The van der Waals surface area contributed by atoms with E-state index in [0.29, 0.717) is 15.2 Å². The van der Waals surface area contributed by atoms with Gasteiger partial charge in [-0.25, -0.2) is 4.98 Å². The molecule has 0 saturated heterocycles. The number of aryl methyl sites for hydroxylation is 2. The Hall–Kier alpha value is -0.960. The molecule has 9 heteroatoms. The van der Waals surface area contributed by atoms with Crippen LogP contribution in [0.15, 0.2) is 9.95 Å². The normalized spacial score (nSPS) is 13.9. The second-order valence-corrected chi connectivity index (χ2v) is 8.46. The third-order valence-electron chi connectivity index (χ3n) is 3.75. The Morgan fingerprint density at radius 1 is 1.41 bits per heavy atom. The lowest BCUT2D eigenvalue weighted by Gasteiger charge is -2.06. The summed E-state index contributed by atoms with van der Waals surface area (Å²) in [5, 5.41) is 5.50. The zero-order valence-electron chi connectivity index (χ0n) is 11.6. The van der Waals surface area contributed by atoms with Crippen LogP contribution in [0.3, 0.4) is 0 Å². The van der Waals surface area contributed by atoms with Crippen LogP contribution in [0.2, 0.25) is 4.34 Å². The molecule has 3 heterocycles. The fourth-order valence-corrected chi connectivity index (χ4v) is 5.66. The van der Waals surface area contributed by atoms with Gasteiger partial charge in [-0.15, -0.1) is 16.4 Å². The van der Waals surface area contributed by atoms with E-state index in [1.165, 1.54) is 33.7 Å². The third-order valence-corrected chi connectivity index (χ3v) is 6.96. The molecule has 0 aromatic carbocycles. The Balaban J connectivity index is 1.74. The highest BCUT2D eigenvalue weighted by Gasteiger charge is 2.22. The molecule has 0 saturated carbocycles. The Morgan fingerprint density at radius 2 is 2.27 bits per heavy atom. The molecule has 0 N–H and O–H groups in total. The van der Waals surface area contributed by atoms with Gasteiger partial charge >= 0.3 is 0 Å². The number of halogens is 1. The number of thiophene rings is 1. The molecule has 0 radical (unpaired) electrons. The van der Waals surface area contributed by atoms with Crippen LogP contribution in [0.25, 0.3) is 10.2 Å². The van der Waals surface area contributed by atoms with Crippen LogP contribution in [0, 0.1) is 0 Å². The number of nitrogens with zero attached hydrogens (tertiary/aromatic N) is 4. The third kappa shape index (κ3) is 2.29. The first-order valence-corrected chi connectivity index (χ1v) is 9.71. The summed E-state index contributed by atoms with van der Waals surface area (Å²) in [6.45, 7) is 0. The summed E-state index contributed by atoms with van der Waals surface area (Å²) in [4.78, 5) is 19.5. The molecule has 4 rings (SSSR count). The molecule has 0 spiro atoms. The van der Waals surface area contributed by atoms with Crippen LogP contribution in [0.5, 0.6) is 0 Å². The molecule has 0 aliphatic heterocycles. The smallest absolute Gasteiger partial charge is 0.262 e. The highest BCUT2D eigenvalue weighted by Crippen LogP contribution is 2.35. The highest BCUT2D eigenvalue weighted by molar-refractivity contribution is 7.98. The molecule has 0 bridgehead atoms. The van der Waals surface area contributed by atoms with Crippen LogP contribution < -0.4 is 5.56 Å². The number of thioether (sulfide) groups is 1. The predicted molar refractivity (Wildman–Crippen MR) is 91.4 cm³/mol. The van der Waals surface area contributed by atoms with Gasteiger partial charge in [0.25, 0.3) is 5.56 Å². The Kier molecular flexibility index (Phi) is 3.72. The minimum Gasteiger partial charge on any atom is -0.290 e. The summed E-state index contributed by atoms with van der Waals surface area (Å²) in [5.74, 6) is 0.562. The lowest BCUT2D eigenvalue weighted by atomic mass is 10.2. The zero-order chi connectivity index (χ0) is 15.3. The van der Waals surface area contributed by atoms with Crippen molar-refractivity contribution in [3.63, 3.8) is 0 Å². The van der Waals surface area contributed by atoms with E-state index in [4.69, 9.17) is 11.6 Å². The van der Waals surface area contributed by atoms with E-state index in [9.17, 15) is 4.79 Å². The Bertz CT molecular complexity index is 929. The van der Waals surface area contributed by atoms with Crippen molar-refractivity contribution in [1.29, 1.82) is 0 Å². The minimum absolute atomic E-state index is 0.0504. The maximum absolute atomic E-state index is 12.7. The first-order valence-electron chi connectivity index (χ1n) is 6.76. The highest BCUT2D eigenvalue weighted by atomic mass is 35.5. The quantitative estimate of drug-likeness (QED) is 0.523. The van der Waals surface area contributed by atoms with Gasteiger partial charge in [0, 0.05) is 29.2 Å². The van der Waals surface area contributed by atoms with Crippen LogP contribution in [0.4, 0.5) is 0 Å². The van der Waals surface area contributed by atoms with Crippen molar-refractivity contribution < 1.29 is 0 Å². The summed E-state index contributed by atoms with van der Waals surface area (Å²) in [6, 6.07) is 0. The standard InChI is InChI=1S/C13H11ClN4OS3/c1-18-12(19)9-6-3-2-4-8(6)21-11(9)15-13(18)20-5-7-10(14)22-17-16-7/h2-5H2,1H3. The maximum atomic E-state index is 12.7. The van der Waals surface area contributed by atoms with Crippen molar-refractivity contribution in [2.75, 3.05) is 0 Å². The number of fused-ring (bicyclic) bond motifs is 3. The van der Waals surface area contributed by atoms with Gasteiger partial charge < -0.3 is 0 Å². The van der Waals surface area contributed by atoms with E-state index in [-0.39, 0.29) is 5.56 Å². The topological polar surface area (TPSA) is 60.7 Å². The summed E-state index contributed by atoms with van der Waals surface area (Å²) in [5.41, 5.74) is 2.01. The van der Waals surface area contributed by atoms with Crippen molar-refractivity contribution in [2.45, 2.75) is 30.2 Å². The largest absolute Gasteiger partial charge is 0.290 e. The van der Waals surface area contributed by atoms with Gasteiger partial charge in [0.1, 0.15) is 14.9 Å². The van der Waals surface area contributed by atoms with Crippen molar-refractivity contribution in [3.8, 4) is 0 Å². The average molecular weight is 371 g/mol. The summed E-state index contributed by atoms with van der Waals surface area (Å²) in [7, 11) is 1.77. The summed E-state index contributed by atoms with van der Waals surface area (Å²) in [6.07, 6.45) is 3.22. The van der Waals surface area contributed by atoms with E-state index in [1.54, 1.807) is 23.0 Å². The molecule has 0 fully saturated rings. The molecule has 114 valence electrons. The lowest BCUT2D eigenvalue weighted by Crippen LogP contribution is -2.20. The SMILES string of the molecule is Cn1c(SCc2nnsc2Cl)nc2sc3c(c2c1=O)CCC3. The van der Waals surface area contributed by atoms with E-state index < -0.39 is 0 Å². The molecule has 0 atom stereocenters. The molecule has 1 aliphatic carbocycles. The molecule has 0 amide bonds. The lowest BCUT2D eigenvalue weighted by molar-refractivity contribution is 0.726. The predicted octanol–water partition coefficient (Wildman–Crippen LogP) is 3.28. The maximum Gasteiger partial charge on any atom is 0.262 e. The minimum atomic E-state index is 0.0504. The number of rotatable bonds is 3. The van der Waals surface area contributed by atoms with Crippen molar-refractivity contribution in [3.05, 3.63) is 30.8 Å². The zero-order valence-corrected chi connectivity index (χ0v) is 14.8. The number of hydrogen-bond acceptors (Lipinski definition) is 7. The van der Waals surface area contributed by atoms with Crippen LogP contribution in [-0.4, -0.2) is 19.1 Å². The van der Waals surface area contributed by atoms with Gasteiger partial charge in [-0.1, -0.05) is 27.9 Å². The molecule has 5 nitrogen and oxygen atoms in total. The van der Waals surface area contributed by atoms with Crippen LogP contribution >= 0.6 is 46.2 Å². The fraction of sp³-hybridized carbons (Fsp3) is 0.385. The molecule has 22 heavy (non-hydrogen) atoms. The number of aromatic nitrogens is 4. The van der Waals surface area contributed by atoms with Gasteiger partial charge in [0.15, 0.2) is 5.16 Å². The molecule has 1 aliphatic rings. The fourth-order valence-electron chi connectivity index (χ4n) is 2.65. The van der Waals surface area contributed by atoms with Crippen molar-refractivity contribution >= 4 is 56.4 Å². The average Bonchev–Trinajstić information content (AvgIpc) is 3.17. The van der Waals surface area contributed by atoms with E-state index in [2.05, 4.69) is 14.6 Å². The number of hydrogen-bond donors (Lipinski definition) is 0. The second-order valence-electron chi connectivity index (χ2n) is 5.08. The van der Waals surface area contributed by atoms with Crippen molar-refractivity contribution in [1.82, 2.24) is 19.1 Å². The van der Waals surface area contributed by atoms with E-state index in [0.717, 1.165) is 35.2 Å². The van der Waals surface area contributed by atoms with E-state index in [1.807, 2.05) is 0 Å². The molecular formula is C13H11ClN4OS3. The first kappa shape index (κ1) is 14.6. The van der Waals surface area contributed by atoms with Gasteiger partial charge in [0.05, 0.1) is 5.39 Å². The molecule has 0 unspecified atom stereocenters. The Labute approximate surface area is 143 Å². The molecular weight excluding hydrogens is 360 g/mol. The summed E-state index contributed by atoms with van der Waals surface area (Å²) < 4.78 is 6.04. The molecule has 3 aromatic heterocycles. The van der Waals surface area contributed by atoms with E-state index >= 15 is 0 Å². The Morgan fingerprint density at radius 3 is 3.05 bits per heavy atom. The monoisotopic (exact) mass is 370 g/mol. The first-order chi connectivity index (χ1) is 10.6. The van der Waals surface area contributed by atoms with Gasteiger partial charge in [-0.05, 0) is 24.8 Å².